The first-order valence-electron chi connectivity index (χ1n) is 6.65. The van der Waals surface area contributed by atoms with E-state index in [2.05, 4.69) is 30.9 Å². The van der Waals surface area contributed by atoms with Crippen molar-refractivity contribution < 1.29 is 9.26 Å². The number of ether oxygens (including phenoxy) is 1. The lowest BCUT2D eigenvalue weighted by Gasteiger charge is -2.22. The molecule has 1 fully saturated rings. The molecule has 2 heterocycles. The summed E-state index contributed by atoms with van der Waals surface area (Å²) in [6, 6.07) is 0. The number of aromatic nitrogens is 2. The minimum atomic E-state index is 0.00978. The van der Waals surface area contributed by atoms with Gasteiger partial charge in [-0.2, -0.15) is 4.98 Å². The van der Waals surface area contributed by atoms with Gasteiger partial charge in [0.2, 0.25) is 11.7 Å². The Morgan fingerprint density at radius 2 is 2.22 bits per heavy atom. The van der Waals surface area contributed by atoms with Crippen LogP contribution in [0.15, 0.2) is 4.52 Å². The van der Waals surface area contributed by atoms with Gasteiger partial charge in [0.15, 0.2) is 0 Å². The molecule has 2 rings (SSSR count). The topological polar surface area (TPSA) is 74.2 Å². The van der Waals surface area contributed by atoms with Crippen molar-refractivity contribution in [1.29, 1.82) is 0 Å². The highest BCUT2D eigenvalue weighted by atomic mass is 16.5. The highest BCUT2D eigenvalue weighted by molar-refractivity contribution is 4.99. The number of hydrogen-bond acceptors (Lipinski definition) is 5. The van der Waals surface area contributed by atoms with Crippen LogP contribution in [0, 0.1) is 5.41 Å². The Kier molecular flexibility index (Phi) is 4.02. The minimum Gasteiger partial charge on any atom is -0.370 e. The van der Waals surface area contributed by atoms with E-state index in [1.807, 2.05) is 0 Å². The lowest BCUT2D eigenvalue weighted by Crippen LogP contribution is -2.19. The average Bonchev–Trinajstić information content (AvgIpc) is 2.94. The fourth-order valence-electron chi connectivity index (χ4n) is 2.34. The second-order valence-electron chi connectivity index (χ2n) is 6.19. The predicted octanol–water partition coefficient (Wildman–Crippen LogP) is 2.40. The Morgan fingerprint density at radius 3 is 2.78 bits per heavy atom. The van der Waals surface area contributed by atoms with Gasteiger partial charge in [0.25, 0.3) is 0 Å². The number of nitrogens with zero attached hydrogens (tertiary/aromatic N) is 2. The lowest BCUT2D eigenvalue weighted by atomic mass is 9.84. The molecule has 0 bridgehead atoms. The van der Waals surface area contributed by atoms with Crippen LogP contribution in [0.25, 0.3) is 0 Å². The molecular formula is C13H23N3O2. The zero-order valence-corrected chi connectivity index (χ0v) is 11.5. The summed E-state index contributed by atoms with van der Waals surface area (Å²) in [6.45, 7) is 7.88. The van der Waals surface area contributed by atoms with E-state index in [9.17, 15) is 0 Å². The van der Waals surface area contributed by atoms with E-state index in [0.717, 1.165) is 25.9 Å². The molecule has 0 radical (unpaired) electrons. The highest BCUT2D eigenvalue weighted by Crippen LogP contribution is 2.31. The fourth-order valence-corrected chi connectivity index (χ4v) is 2.34. The van der Waals surface area contributed by atoms with Crippen molar-refractivity contribution in [3.05, 3.63) is 11.7 Å². The van der Waals surface area contributed by atoms with Gasteiger partial charge in [-0.05, 0) is 24.7 Å². The summed E-state index contributed by atoms with van der Waals surface area (Å²) in [7, 11) is 0. The Labute approximate surface area is 108 Å². The smallest absolute Gasteiger partial charge is 0.231 e. The molecule has 0 aliphatic carbocycles. The molecule has 0 saturated carbocycles. The normalized spacial score (nSPS) is 22.3. The molecule has 1 aromatic rings. The third-order valence-corrected chi connectivity index (χ3v) is 3.17. The third-order valence-electron chi connectivity index (χ3n) is 3.17. The van der Waals surface area contributed by atoms with E-state index in [1.165, 1.54) is 0 Å². The zero-order chi connectivity index (χ0) is 13.2. The second-order valence-corrected chi connectivity index (χ2v) is 6.19. The molecule has 2 atom stereocenters. The lowest BCUT2D eigenvalue weighted by molar-refractivity contribution is 0.103. The second kappa shape index (κ2) is 5.36. The molecule has 2 unspecified atom stereocenters. The predicted molar refractivity (Wildman–Crippen MR) is 68.1 cm³/mol. The van der Waals surface area contributed by atoms with Crippen molar-refractivity contribution in [2.45, 2.75) is 52.1 Å². The Hall–Kier alpha value is -0.940. The molecule has 5 heteroatoms. The fraction of sp³-hybridized carbons (Fsp3) is 0.846. The summed E-state index contributed by atoms with van der Waals surface area (Å²) in [4.78, 5) is 4.46. The van der Waals surface area contributed by atoms with Crippen LogP contribution in [-0.2, 0) is 4.74 Å². The van der Waals surface area contributed by atoms with Gasteiger partial charge >= 0.3 is 0 Å². The van der Waals surface area contributed by atoms with Crippen LogP contribution >= 0.6 is 0 Å². The van der Waals surface area contributed by atoms with Gasteiger partial charge in [0, 0.05) is 13.2 Å². The van der Waals surface area contributed by atoms with Gasteiger partial charge in [-0.25, -0.2) is 0 Å². The summed E-state index contributed by atoms with van der Waals surface area (Å²) < 4.78 is 10.9. The monoisotopic (exact) mass is 253 g/mol. The van der Waals surface area contributed by atoms with Crippen molar-refractivity contribution in [3.8, 4) is 0 Å². The van der Waals surface area contributed by atoms with E-state index in [4.69, 9.17) is 15.0 Å². The summed E-state index contributed by atoms with van der Waals surface area (Å²) >= 11 is 0. The molecule has 1 aromatic heterocycles. The first-order valence-corrected chi connectivity index (χ1v) is 6.65. The van der Waals surface area contributed by atoms with Crippen LogP contribution in [-0.4, -0.2) is 23.3 Å². The number of hydrogen-bond donors (Lipinski definition) is 1. The standard InChI is InChI=1S/C13H23N3O2/c1-13(2,3)7-9(8-14)12-15-11(16-18-12)10-5-4-6-17-10/h9-10H,4-8,14H2,1-3H3. The number of rotatable bonds is 4. The summed E-state index contributed by atoms with van der Waals surface area (Å²) in [5.41, 5.74) is 6.01. The molecule has 1 saturated heterocycles. The maximum absolute atomic E-state index is 5.82. The minimum absolute atomic E-state index is 0.00978. The zero-order valence-electron chi connectivity index (χ0n) is 11.5. The molecule has 5 nitrogen and oxygen atoms in total. The maximum atomic E-state index is 5.82. The molecule has 102 valence electrons. The first-order chi connectivity index (χ1) is 8.49. The average molecular weight is 253 g/mol. The van der Waals surface area contributed by atoms with E-state index in [0.29, 0.717) is 18.3 Å². The Morgan fingerprint density at radius 1 is 1.44 bits per heavy atom. The Bertz CT molecular complexity index is 378. The Balaban J connectivity index is 2.07. The molecule has 0 aromatic carbocycles. The quantitative estimate of drug-likeness (QED) is 0.891. The molecule has 1 aliphatic rings. The number of nitrogens with two attached hydrogens (primary N) is 1. The largest absolute Gasteiger partial charge is 0.370 e. The summed E-state index contributed by atoms with van der Waals surface area (Å²) in [5.74, 6) is 1.46. The van der Waals surface area contributed by atoms with E-state index in [-0.39, 0.29) is 17.4 Å². The van der Waals surface area contributed by atoms with Crippen LogP contribution in [0.1, 0.15) is 63.8 Å². The van der Waals surface area contributed by atoms with Gasteiger partial charge in [-0.3, -0.25) is 0 Å². The van der Waals surface area contributed by atoms with Crippen molar-refractivity contribution in [2.75, 3.05) is 13.2 Å². The van der Waals surface area contributed by atoms with Crippen LogP contribution in [0.3, 0.4) is 0 Å². The highest BCUT2D eigenvalue weighted by Gasteiger charge is 2.27. The van der Waals surface area contributed by atoms with Crippen LogP contribution in [0.4, 0.5) is 0 Å². The first kappa shape index (κ1) is 13.5. The van der Waals surface area contributed by atoms with Gasteiger partial charge in [0.05, 0.1) is 5.92 Å². The summed E-state index contributed by atoms with van der Waals surface area (Å²) in [5, 5.41) is 4.03. The van der Waals surface area contributed by atoms with Gasteiger partial charge in [0.1, 0.15) is 6.10 Å². The van der Waals surface area contributed by atoms with Crippen LogP contribution in [0.5, 0.6) is 0 Å². The van der Waals surface area contributed by atoms with Crippen molar-refractivity contribution in [2.24, 2.45) is 11.1 Å². The molecule has 0 amide bonds. The van der Waals surface area contributed by atoms with Gasteiger partial charge in [-0.1, -0.05) is 25.9 Å². The molecule has 18 heavy (non-hydrogen) atoms. The van der Waals surface area contributed by atoms with Gasteiger partial charge < -0.3 is 15.0 Å². The summed E-state index contributed by atoms with van der Waals surface area (Å²) in [6.07, 6.45) is 2.99. The molecule has 1 aliphatic heterocycles. The van der Waals surface area contributed by atoms with Crippen molar-refractivity contribution >= 4 is 0 Å². The van der Waals surface area contributed by atoms with Crippen LogP contribution < -0.4 is 5.73 Å². The van der Waals surface area contributed by atoms with Crippen molar-refractivity contribution in [3.63, 3.8) is 0 Å². The SMILES string of the molecule is CC(C)(C)CC(CN)c1nc(C2CCCO2)no1. The third kappa shape index (κ3) is 3.29. The van der Waals surface area contributed by atoms with E-state index < -0.39 is 0 Å². The molecule has 0 spiro atoms. The molecule has 2 N–H and O–H groups in total. The molecular weight excluding hydrogens is 230 g/mol. The maximum Gasteiger partial charge on any atom is 0.231 e. The van der Waals surface area contributed by atoms with Crippen LogP contribution in [0.2, 0.25) is 0 Å². The van der Waals surface area contributed by atoms with Crippen molar-refractivity contribution in [1.82, 2.24) is 10.1 Å². The van der Waals surface area contributed by atoms with Gasteiger partial charge in [-0.15, -0.1) is 0 Å². The van der Waals surface area contributed by atoms with E-state index in [1.54, 1.807) is 0 Å². The van der Waals surface area contributed by atoms with E-state index >= 15 is 0 Å².